The number of carbonyl (C=O) groups excluding carboxylic acids is 1. The zero-order chi connectivity index (χ0) is 14.1. The maximum absolute atomic E-state index is 11.4. The summed E-state index contributed by atoms with van der Waals surface area (Å²) in [7, 11) is 0. The standard InChI is InChI=1S/C16H26O2/c1-11-9-13(17)7-8-16(11,6)12(2)14(18)10-15(3,4)5/h7-9,12,14,18H,10H2,1-6H3/t12?,14-,16-/m0/s1. The molecule has 0 amide bonds. The van der Waals surface area contributed by atoms with E-state index >= 15 is 0 Å². The van der Waals surface area contributed by atoms with Gasteiger partial charge in [-0.3, -0.25) is 4.79 Å². The monoisotopic (exact) mass is 250 g/mol. The quantitative estimate of drug-likeness (QED) is 0.832. The molecular weight excluding hydrogens is 224 g/mol. The predicted molar refractivity (Wildman–Crippen MR) is 75.3 cm³/mol. The molecule has 0 heterocycles. The fourth-order valence-electron chi connectivity index (χ4n) is 2.52. The molecule has 0 fully saturated rings. The van der Waals surface area contributed by atoms with Crippen molar-refractivity contribution in [2.24, 2.45) is 16.7 Å². The Labute approximate surface area is 111 Å². The fourth-order valence-corrected chi connectivity index (χ4v) is 2.52. The molecule has 0 spiro atoms. The van der Waals surface area contributed by atoms with E-state index in [1.807, 2.05) is 13.0 Å². The highest BCUT2D eigenvalue weighted by Crippen LogP contribution is 2.42. The minimum atomic E-state index is -0.365. The molecule has 1 unspecified atom stereocenters. The normalized spacial score (nSPS) is 27.9. The van der Waals surface area contributed by atoms with Crippen molar-refractivity contribution in [3.63, 3.8) is 0 Å². The second kappa shape index (κ2) is 5.00. The number of hydrogen-bond donors (Lipinski definition) is 1. The zero-order valence-electron chi connectivity index (χ0n) is 12.4. The molecule has 3 atom stereocenters. The van der Waals surface area contributed by atoms with Gasteiger partial charge in [-0.2, -0.15) is 0 Å². The van der Waals surface area contributed by atoms with Gasteiger partial charge < -0.3 is 5.11 Å². The molecule has 0 radical (unpaired) electrons. The van der Waals surface area contributed by atoms with Crippen LogP contribution in [0.2, 0.25) is 0 Å². The summed E-state index contributed by atoms with van der Waals surface area (Å²) in [6.45, 7) is 12.5. The Balaban J connectivity index is 2.89. The number of aliphatic hydroxyl groups is 1. The second-order valence-electron chi connectivity index (χ2n) is 6.97. The molecule has 1 aliphatic rings. The number of allylic oxidation sites excluding steroid dienone is 4. The third kappa shape index (κ3) is 3.32. The van der Waals surface area contributed by atoms with Gasteiger partial charge >= 0.3 is 0 Å². The van der Waals surface area contributed by atoms with Crippen molar-refractivity contribution in [2.45, 2.75) is 54.1 Å². The first-order valence-corrected chi connectivity index (χ1v) is 6.66. The summed E-state index contributed by atoms with van der Waals surface area (Å²) >= 11 is 0. The molecule has 1 N–H and O–H groups in total. The maximum Gasteiger partial charge on any atom is 0.178 e. The molecular formula is C16H26O2. The first-order chi connectivity index (χ1) is 8.06. The van der Waals surface area contributed by atoms with Crippen molar-refractivity contribution in [1.29, 1.82) is 0 Å². The van der Waals surface area contributed by atoms with Crippen LogP contribution in [0.3, 0.4) is 0 Å². The molecule has 1 rings (SSSR count). The highest BCUT2D eigenvalue weighted by molar-refractivity contribution is 6.01. The van der Waals surface area contributed by atoms with Crippen LogP contribution in [0.25, 0.3) is 0 Å². The van der Waals surface area contributed by atoms with Crippen LogP contribution >= 0.6 is 0 Å². The zero-order valence-corrected chi connectivity index (χ0v) is 12.4. The lowest BCUT2D eigenvalue weighted by molar-refractivity contribution is -0.110. The van der Waals surface area contributed by atoms with Crippen molar-refractivity contribution in [3.8, 4) is 0 Å². The lowest BCUT2D eigenvalue weighted by Gasteiger charge is -2.40. The maximum atomic E-state index is 11.4. The lowest BCUT2D eigenvalue weighted by atomic mass is 9.66. The van der Waals surface area contributed by atoms with Gasteiger partial charge in [-0.25, -0.2) is 0 Å². The summed E-state index contributed by atoms with van der Waals surface area (Å²) in [4.78, 5) is 11.4. The third-order valence-electron chi connectivity index (χ3n) is 4.15. The van der Waals surface area contributed by atoms with Crippen LogP contribution in [0.4, 0.5) is 0 Å². The fraction of sp³-hybridized carbons (Fsp3) is 0.688. The number of aliphatic hydroxyl groups excluding tert-OH is 1. The van der Waals surface area contributed by atoms with Crippen LogP contribution in [0.5, 0.6) is 0 Å². The molecule has 0 saturated heterocycles. The summed E-state index contributed by atoms with van der Waals surface area (Å²) in [5, 5.41) is 10.4. The Kier molecular flexibility index (Phi) is 4.22. The smallest absolute Gasteiger partial charge is 0.178 e. The van der Waals surface area contributed by atoms with Crippen molar-refractivity contribution in [3.05, 3.63) is 23.8 Å². The van der Waals surface area contributed by atoms with E-state index in [0.717, 1.165) is 12.0 Å². The molecule has 2 nitrogen and oxygen atoms in total. The van der Waals surface area contributed by atoms with Gasteiger partial charge in [0.1, 0.15) is 0 Å². The van der Waals surface area contributed by atoms with E-state index in [4.69, 9.17) is 0 Å². The topological polar surface area (TPSA) is 37.3 Å². The van der Waals surface area contributed by atoms with E-state index in [9.17, 15) is 9.90 Å². The Morgan fingerprint density at radius 3 is 2.39 bits per heavy atom. The summed E-state index contributed by atoms with van der Waals surface area (Å²) in [6.07, 6.45) is 5.64. The SMILES string of the molecule is CC1=CC(=O)C=C[C@]1(C)C(C)[C@@H](O)CC(C)(C)C. The Morgan fingerprint density at radius 2 is 1.94 bits per heavy atom. The van der Waals surface area contributed by atoms with Gasteiger partial charge in [-0.1, -0.05) is 46.3 Å². The third-order valence-corrected chi connectivity index (χ3v) is 4.15. The molecule has 18 heavy (non-hydrogen) atoms. The first kappa shape index (κ1) is 15.2. The Morgan fingerprint density at radius 1 is 1.39 bits per heavy atom. The van der Waals surface area contributed by atoms with E-state index in [0.29, 0.717) is 0 Å². The van der Waals surface area contributed by atoms with E-state index in [1.54, 1.807) is 12.2 Å². The lowest BCUT2D eigenvalue weighted by Crippen LogP contribution is -2.37. The molecule has 102 valence electrons. The van der Waals surface area contributed by atoms with Crippen molar-refractivity contribution < 1.29 is 9.90 Å². The minimum absolute atomic E-state index is 0.0440. The molecule has 1 aliphatic carbocycles. The highest BCUT2D eigenvalue weighted by atomic mass is 16.3. The Bertz CT molecular complexity index is 384. The predicted octanol–water partition coefficient (Wildman–Crippen LogP) is 3.51. The van der Waals surface area contributed by atoms with Gasteiger partial charge in [0.15, 0.2) is 5.78 Å². The molecule has 0 aromatic heterocycles. The van der Waals surface area contributed by atoms with Gasteiger partial charge in [-0.15, -0.1) is 0 Å². The number of ketones is 1. The summed E-state index contributed by atoms with van der Waals surface area (Å²) in [5.41, 5.74) is 0.921. The van der Waals surface area contributed by atoms with E-state index < -0.39 is 0 Å². The molecule has 0 saturated carbocycles. The summed E-state index contributed by atoms with van der Waals surface area (Å²) in [5.74, 6) is 0.139. The van der Waals surface area contributed by atoms with E-state index in [2.05, 4.69) is 34.6 Å². The summed E-state index contributed by atoms with van der Waals surface area (Å²) < 4.78 is 0. The Hall–Kier alpha value is -0.890. The molecule has 0 aromatic rings. The molecule has 0 aromatic carbocycles. The van der Waals surface area contributed by atoms with Gasteiger partial charge in [0, 0.05) is 5.41 Å². The highest BCUT2D eigenvalue weighted by Gasteiger charge is 2.37. The van der Waals surface area contributed by atoms with Gasteiger partial charge in [0.25, 0.3) is 0 Å². The number of rotatable bonds is 3. The van der Waals surface area contributed by atoms with Gasteiger partial charge in [0.2, 0.25) is 0 Å². The van der Waals surface area contributed by atoms with Crippen LogP contribution in [0.15, 0.2) is 23.8 Å². The first-order valence-electron chi connectivity index (χ1n) is 6.66. The largest absolute Gasteiger partial charge is 0.393 e. The average molecular weight is 250 g/mol. The van der Waals surface area contributed by atoms with Crippen molar-refractivity contribution in [2.75, 3.05) is 0 Å². The number of hydrogen-bond acceptors (Lipinski definition) is 2. The van der Waals surface area contributed by atoms with Crippen LogP contribution in [0, 0.1) is 16.7 Å². The molecule has 2 heteroatoms. The molecule has 0 bridgehead atoms. The van der Waals surface area contributed by atoms with Crippen LogP contribution < -0.4 is 0 Å². The van der Waals surface area contributed by atoms with Crippen molar-refractivity contribution in [1.82, 2.24) is 0 Å². The van der Waals surface area contributed by atoms with Crippen LogP contribution in [-0.4, -0.2) is 17.0 Å². The minimum Gasteiger partial charge on any atom is -0.393 e. The molecule has 0 aliphatic heterocycles. The van der Waals surface area contributed by atoms with Gasteiger partial charge in [0.05, 0.1) is 6.10 Å². The summed E-state index contributed by atoms with van der Waals surface area (Å²) in [6, 6.07) is 0. The average Bonchev–Trinajstić information content (AvgIpc) is 2.20. The number of carbonyl (C=O) groups is 1. The van der Waals surface area contributed by atoms with Crippen molar-refractivity contribution >= 4 is 5.78 Å². The van der Waals surface area contributed by atoms with E-state index in [-0.39, 0.29) is 28.6 Å². The van der Waals surface area contributed by atoms with Gasteiger partial charge in [-0.05, 0) is 36.8 Å². The van der Waals surface area contributed by atoms with E-state index in [1.165, 1.54) is 0 Å². The van der Waals surface area contributed by atoms with Crippen LogP contribution in [0.1, 0.15) is 48.0 Å². The van der Waals surface area contributed by atoms with Crippen LogP contribution in [-0.2, 0) is 4.79 Å². The second-order valence-corrected chi connectivity index (χ2v) is 6.97.